The molecule has 13 heavy (non-hydrogen) atoms. The molecule has 0 radical (unpaired) electrons. The van der Waals surface area contributed by atoms with Crippen LogP contribution in [0.15, 0.2) is 18.2 Å². The fraction of sp³-hybridized carbons (Fsp3) is 0.500. The minimum absolute atomic E-state index is 0.336. The highest BCUT2D eigenvalue weighted by molar-refractivity contribution is 5.51. The largest absolute Gasteiger partial charge is 0.399 e. The summed E-state index contributed by atoms with van der Waals surface area (Å²) < 4.78 is 0. The molecule has 1 aliphatic carbocycles. The van der Waals surface area contributed by atoms with Crippen LogP contribution in [0.25, 0.3) is 0 Å². The van der Waals surface area contributed by atoms with Crippen molar-refractivity contribution >= 4 is 5.69 Å². The molecular formula is C12H17N. The van der Waals surface area contributed by atoms with Crippen molar-refractivity contribution in [3.8, 4) is 0 Å². The summed E-state index contributed by atoms with van der Waals surface area (Å²) in [4.78, 5) is 0. The molecule has 0 fully saturated rings. The van der Waals surface area contributed by atoms with Crippen molar-refractivity contribution in [3.63, 3.8) is 0 Å². The zero-order chi connectivity index (χ0) is 9.64. The minimum atomic E-state index is 0.336. The van der Waals surface area contributed by atoms with Gasteiger partial charge in [0.05, 0.1) is 0 Å². The van der Waals surface area contributed by atoms with Gasteiger partial charge >= 0.3 is 0 Å². The summed E-state index contributed by atoms with van der Waals surface area (Å²) in [5.74, 6) is 0.661. The molecule has 0 saturated carbocycles. The monoisotopic (exact) mass is 175 g/mol. The van der Waals surface area contributed by atoms with Crippen LogP contribution in [0.2, 0.25) is 0 Å². The topological polar surface area (TPSA) is 26.0 Å². The number of rotatable bonds is 0. The van der Waals surface area contributed by atoms with Crippen LogP contribution < -0.4 is 5.73 Å². The highest BCUT2D eigenvalue weighted by Gasteiger charge is 2.34. The zero-order valence-electron chi connectivity index (χ0n) is 8.59. The lowest BCUT2D eigenvalue weighted by Crippen LogP contribution is -2.11. The summed E-state index contributed by atoms with van der Waals surface area (Å²) in [6.07, 6.45) is 1.24. The van der Waals surface area contributed by atoms with Crippen LogP contribution in [0.5, 0.6) is 0 Å². The molecule has 1 aliphatic rings. The summed E-state index contributed by atoms with van der Waals surface area (Å²) in [6, 6.07) is 6.33. The van der Waals surface area contributed by atoms with Gasteiger partial charge in [0, 0.05) is 5.69 Å². The molecule has 0 aliphatic heterocycles. The van der Waals surface area contributed by atoms with Gasteiger partial charge in [-0.3, -0.25) is 0 Å². The van der Waals surface area contributed by atoms with Crippen LogP contribution in [0.3, 0.4) is 0 Å². The Bertz CT molecular complexity index is 339. The number of anilines is 1. The van der Waals surface area contributed by atoms with Gasteiger partial charge in [-0.05, 0) is 41.0 Å². The fourth-order valence-electron chi connectivity index (χ4n) is 2.59. The normalized spacial score (nSPS) is 24.4. The number of nitrogens with two attached hydrogens (primary N) is 1. The van der Waals surface area contributed by atoms with E-state index >= 15 is 0 Å². The van der Waals surface area contributed by atoms with Crippen molar-refractivity contribution in [2.24, 2.45) is 0 Å². The first-order valence-corrected chi connectivity index (χ1v) is 4.90. The lowest BCUT2D eigenvalue weighted by atomic mass is 9.86. The van der Waals surface area contributed by atoms with Gasteiger partial charge in [-0.1, -0.05) is 26.8 Å². The Hall–Kier alpha value is -0.980. The third-order valence-corrected chi connectivity index (χ3v) is 3.15. The van der Waals surface area contributed by atoms with Gasteiger partial charge in [0.1, 0.15) is 0 Å². The van der Waals surface area contributed by atoms with E-state index in [-0.39, 0.29) is 0 Å². The van der Waals surface area contributed by atoms with E-state index in [9.17, 15) is 0 Å². The summed E-state index contributed by atoms with van der Waals surface area (Å²) in [6.45, 7) is 6.91. The SMILES string of the molecule is CC1CC(C)(C)c2ccc(N)cc21. The second-order valence-corrected chi connectivity index (χ2v) is 4.84. The van der Waals surface area contributed by atoms with E-state index in [1.807, 2.05) is 6.07 Å². The van der Waals surface area contributed by atoms with Crippen molar-refractivity contribution < 1.29 is 0 Å². The minimum Gasteiger partial charge on any atom is -0.399 e. The summed E-state index contributed by atoms with van der Waals surface area (Å²) in [7, 11) is 0. The van der Waals surface area contributed by atoms with E-state index in [1.54, 1.807) is 0 Å². The molecule has 2 N–H and O–H groups in total. The fourth-order valence-corrected chi connectivity index (χ4v) is 2.59. The number of benzene rings is 1. The molecule has 1 nitrogen and oxygen atoms in total. The van der Waals surface area contributed by atoms with Gasteiger partial charge in [0.25, 0.3) is 0 Å². The molecule has 0 spiro atoms. The molecule has 1 unspecified atom stereocenters. The maximum Gasteiger partial charge on any atom is 0.0317 e. The van der Waals surface area contributed by atoms with E-state index in [2.05, 4.69) is 32.9 Å². The summed E-state index contributed by atoms with van der Waals surface area (Å²) >= 11 is 0. The Morgan fingerprint density at radius 3 is 2.77 bits per heavy atom. The first-order valence-electron chi connectivity index (χ1n) is 4.90. The molecule has 2 rings (SSSR count). The highest BCUT2D eigenvalue weighted by Crippen LogP contribution is 2.45. The summed E-state index contributed by atoms with van der Waals surface area (Å²) in [5.41, 5.74) is 9.94. The highest BCUT2D eigenvalue weighted by atomic mass is 14.5. The number of hydrogen-bond donors (Lipinski definition) is 1. The third kappa shape index (κ3) is 1.23. The van der Waals surface area contributed by atoms with Crippen LogP contribution in [0.4, 0.5) is 5.69 Å². The van der Waals surface area contributed by atoms with Gasteiger partial charge in [0.15, 0.2) is 0 Å². The predicted molar refractivity (Wildman–Crippen MR) is 56.9 cm³/mol. The van der Waals surface area contributed by atoms with Crippen LogP contribution in [-0.2, 0) is 5.41 Å². The van der Waals surface area contributed by atoms with Gasteiger partial charge in [-0.2, -0.15) is 0 Å². The Morgan fingerprint density at radius 1 is 1.38 bits per heavy atom. The Morgan fingerprint density at radius 2 is 2.08 bits per heavy atom. The number of hydrogen-bond acceptors (Lipinski definition) is 1. The lowest BCUT2D eigenvalue weighted by Gasteiger charge is -2.18. The molecule has 0 aromatic heterocycles. The first kappa shape index (κ1) is 8.61. The van der Waals surface area contributed by atoms with Gasteiger partial charge in [0.2, 0.25) is 0 Å². The molecule has 0 heterocycles. The third-order valence-electron chi connectivity index (χ3n) is 3.15. The quantitative estimate of drug-likeness (QED) is 0.602. The van der Waals surface area contributed by atoms with E-state index in [4.69, 9.17) is 5.73 Å². The van der Waals surface area contributed by atoms with Crippen LogP contribution in [0.1, 0.15) is 44.2 Å². The molecule has 1 heteroatoms. The molecule has 1 atom stereocenters. The standard InChI is InChI=1S/C12H17N/c1-8-7-12(2,3)11-5-4-9(13)6-10(8)11/h4-6,8H,7,13H2,1-3H3. The smallest absolute Gasteiger partial charge is 0.0317 e. The Kier molecular flexibility index (Phi) is 1.66. The van der Waals surface area contributed by atoms with E-state index in [0.717, 1.165) is 5.69 Å². The van der Waals surface area contributed by atoms with Gasteiger partial charge in [-0.25, -0.2) is 0 Å². The zero-order valence-corrected chi connectivity index (χ0v) is 8.59. The van der Waals surface area contributed by atoms with E-state index in [0.29, 0.717) is 11.3 Å². The van der Waals surface area contributed by atoms with Crippen molar-refractivity contribution in [1.82, 2.24) is 0 Å². The average Bonchev–Trinajstić information content (AvgIpc) is 2.22. The Labute approximate surface area is 80.0 Å². The van der Waals surface area contributed by atoms with Crippen LogP contribution >= 0.6 is 0 Å². The summed E-state index contributed by atoms with van der Waals surface area (Å²) in [5, 5.41) is 0. The van der Waals surface area contributed by atoms with Gasteiger partial charge < -0.3 is 5.73 Å². The average molecular weight is 175 g/mol. The molecule has 1 aromatic carbocycles. The molecule has 1 aromatic rings. The van der Waals surface area contributed by atoms with Crippen LogP contribution in [-0.4, -0.2) is 0 Å². The van der Waals surface area contributed by atoms with E-state index in [1.165, 1.54) is 17.5 Å². The Balaban J connectivity index is 2.59. The maximum atomic E-state index is 5.78. The molecule has 70 valence electrons. The van der Waals surface area contributed by atoms with Crippen LogP contribution in [0, 0.1) is 0 Å². The number of nitrogen functional groups attached to an aromatic ring is 1. The predicted octanol–water partition coefficient (Wildman–Crippen LogP) is 3.05. The second-order valence-electron chi connectivity index (χ2n) is 4.84. The van der Waals surface area contributed by atoms with Crippen molar-refractivity contribution in [1.29, 1.82) is 0 Å². The maximum absolute atomic E-state index is 5.78. The van der Waals surface area contributed by atoms with Crippen molar-refractivity contribution in [3.05, 3.63) is 29.3 Å². The lowest BCUT2D eigenvalue weighted by molar-refractivity contribution is 0.489. The first-order chi connectivity index (χ1) is 6.00. The molecule has 0 bridgehead atoms. The molecular weight excluding hydrogens is 158 g/mol. The number of fused-ring (bicyclic) bond motifs is 1. The van der Waals surface area contributed by atoms with E-state index < -0.39 is 0 Å². The molecule has 0 amide bonds. The van der Waals surface area contributed by atoms with Crippen molar-refractivity contribution in [2.75, 3.05) is 5.73 Å². The van der Waals surface area contributed by atoms with Gasteiger partial charge in [-0.15, -0.1) is 0 Å². The second kappa shape index (κ2) is 2.50. The van der Waals surface area contributed by atoms with Crippen molar-refractivity contribution in [2.45, 2.75) is 38.5 Å². The molecule has 0 saturated heterocycles.